The molecule has 5 nitrogen and oxygen atoms in total. The number of guanidine groups is 1. The molecule has 0 spiro atoms. The van der Waals surface area contributed by atoms with Crippen molar-refractivity contribution in [1.29, 1.82) is 0 Å². The van der Waals surface area contributed by atoms with Crippen LogP contribution in [0.4, 0.5) is 13.2 Å². The maximum absolute atomic E-state index is 12.5. The molecule has 2 aromatic rings. The molecule has 0 fully saturated rings. The number of nitrogens with zero attached hydrogens (tertiary/aromatic N) is 3. The molecule has 0 saturated carbocycles. The normalized spacial score (nSPS) is 12.4. The second kappa shape index (κ2) is 8.00. The molecule has 0 unspecified atom stereocenters. The Balaban J connectivity index is 1.70. The van der Waals surface area contributed by atoms with Gasteiger partial charge in [0.25, 0.3) is 0 Å². The predicted molar refractivity (Wildman–Crippen MR) is 84.6 cm³/mol. The van der Waals surface area contributed by atoms with Gasteiger partial charge in [0.2, 0.25) is 0 Å². The van der Waals surface area contributed by atoms with Crippen LogP contribution in [0.25, 0.3) is 0 Å². The number of rotatable bonds is 6. The van der Waals surface area contributed by atoms with Crippen molar-refractivity contribution in [2.75, 3.05) is 20.1 Å². The van der Waals surface area contributed by atoms with Gasteiger partial charge in [-0.15, -0.1) is 11.3 Å². The van der Waals surface area contributed by atoms with E-state index in [0.717, 1.165) is 23.3 Å². The SMILES string of the molecule is CN=C(NCCc1nc(C(F)(F)F)cs1)NCCn1cccc1. The van der Waals surface area contributed by atoms with Gasteiger partial charge in [0, 0.05) is 50.9 Å². The lowest BCUT2D eigenvalue weighted by Crippen LogP contribution is -2.39. The molecule has 9 heteroatoms. The van der Waals surface area contributed by atoms with E-state index in [4.69, 9.17) is 0 Å². The van der Waals surface area contributed by atoms with Crippen molar-refractivity contribution in [2.24, 2.45) is 4.99 Å². The predicted octanol–water partition coefficient (Wildman–Crippen LogP) is 2.37. The van der Waals surface area contributed by atoms with Crippen molar-refractivity contribution in [3.8, 4) is 0 Å². The molecule has 2 aromatic heterocycles. The van der Waals surface area contributed by atoms with Crippen molar-refractivity contribution in [3.05, 3.63) is 40.6 Å². The topological polar surface area (TPSA) is 54.2 Å². The Hall–Kier alpha value is -2.03. The van der Waals surface area contributed by atoms with Gasteiger partial charge in [-0.3, -0.25) is 4.99 Å². The fourth-order valence-electron chi connectivity index (χ4n) is 1.89. The molecule has 23 heavy (non-hydrogen) atoms. The summed E-state index contributed by atoms with van der Waals surface area (Å²) in [5, 5.41) is 7.70. The van der Waals surface area contributed by atoms with Gasteiger partial charge in [0.05, 0.1) is 5.01 Å². The summed E-state index contributed by atoms with van der Waals surface area (Å²) in [6.07, 6.45) is -0.0194. The highest BCUT2D eigenvalue weighted by Crippen LogP contribution is 2.29. The highest BCUT2D eigenvalue weighted by molar-refractivity contribution is 7.09. The molecule has 0 amide bonds. The number of aliphatic imine (C=N–C) groups is 1. The van der Waals surface area contributed by atoms with Crippen LogP contribution >= 0.6 is 11.3 Å². The smallest absolute Gasteiger partial charge is 0.356 e. The molecule has 2 N–H and O–H groups in total. The minimum absolute atomic E-state index is 0.416. The van der Waals surface area contributed by atoms with Gasteiger partial charge in [-0.05, 0) is 12.1 Å². The van der Waals surface area contributed by atoms with Crippen LogP contribution in [-0.4, -0.2) is 35.6 Å². The first-order valence-corrected chi connectivity index (χ1v) is 7.94. The maximum atomic E-state index is 12.5. The number of hydrogen-bond donors (Lipinski definition) is 2. The average molecular weight is 345 g/mol. The third-order valence-corrected chi connectivity index (χ3v) is 3.93. The zero-order valence-corrected chi connectivity index (χ0v) is 13.4. The molecule has 2 rings (SSSR count). The van der Waals surface area contributed by atoms with Crippen LogP contribution in [0.15, 0.2) is 34.9 Å². The Morgan fingerprint density at radius 2 is 1.96 bits per heavy atom. The molecule has 0 aliphatic rings. The first-order valence-electron chi connectivity index (χ1n) is 7.06. The second-order valence-electron chi connectivity index (χ2n) is 4.72. The molecule has 0 aliphatic heterocycles. The summed E-state index contributed by atoms with van der Waals surface area (Å²) in [5.41, 5.74) is -0.827. The third-order valence-electron chi connectivity index (χ3n) is 3.03. The van der Waals surface area contributed by atoms with Gasteiger partial charge in [-0.1, -0.05) is 0 Å². The summed E-state index contributed by atoms with van der Waals surface area (Å²) >= 11 is 1.02. The monoisotopic (exact) mass is 345 g/mol. The third kappa shape index (κ3) is 5.59. The van der Waals surface area contributed by atoms with E-state index in [1.165, 1.54) is 0 Å². The largest absolute Gasteiger partial charge is 0.434 e. The second-order valence-corrected chi connectivity index (χ2v) is 5.66. The molecule has 0 saturated heterocycles. The van der Waals surface area contributed by atoms with Crippen molar-refractivity contribution in [2.45, 2.75) is 19.1 Å². The number of aromatic nitrogens is 2. The van der Waals surface area contributed by atoms with Crippen LogP contribution in [-0.2, 0) is 19.1 Å². The van der Waals surface area contributed by atoms with E-state index in [-0.39, 0.29) is 0 Å². The molecule has 0 aromatic carbocycles. The van der Waals surface area contributed by atoms with Crippen LogP contribution in [0.2, 0.25) is 0 Å². The van der Waals surface area contributed by atoms with E-state index in [0.29, 0.717) is 30.5 Å². The Morgan fingerprint density at radius 3 is 2.57 bits per heavy atom. The van der Waals surface area contributed by atoms with E-state index in [1.807, 2.05) is 29.1 Å². The molecule has 2 heterocycles. The van der Waals surface area contributed by atoms with Crippen LogP contribution in [0.3, 0.4) is 0 Å². The molecule has 0 aliphatic carbocycles. The van der Waals surface area contributed by atoms with E-state index < -0.39 is 11.9 Å². The molecule has 0 radical (unpaired) electrons. The van der Waals surface area contributed by atoms with E-state index in [1.54, 1.807) is 7.05 Å². The van der Waals surface area contributed by atoms with Crippen LogP contribution in [0.1, 0.15) is 10.7 Å². The summed E-state index contributed by atoms with van der Waals surface area (Å²) in [6, 6.07) is 3.91. The van der Waals surface area contributed by atoms with Gasteiger partial charge in [-0.25, -0.2) is 4.98 Å². The zero-order chi connectivity index (χ0) is 16.7. The number of halogens is 3. The number of nitrogens with one attached hydrogen (secondary N) is 2. The number of hydrogen-bond acceptors (Lipinski definition) is 3. The molecule has 126 valence electrons. The van der Waals surface area contributed by atoms with Crippen LogP contribution < -0.4 is 10.6 Å². The standard InChI is InChI=1S/C14H18F3N5S/c1-18-13(20-6-9-22-7-2-3-8-22)19-5-4-12-21-11(10-23-12)14(15,16)17/h2-3,7-8,10H,4-6,9H2,1H3,(H2,18,19,20). The summed E-state index contributed by atoms with van der Waals surface area (Å²) in [7, 11) is 1.65. The van der Waals surface area contributed by atoms with Gasteiger partial charge >= 0.3 is 6.18 Å². The minimum Gasteiger partial charge on any atom is -0.356 e. The highest BCUT2D eigenvalue weighted by atomic mass is 32.1. The van der Waals surface area contributed by atoms with Gasteiger partial charge in [0.1, 0.15) is 0 Å². The Bertz CT molecular complexity index is 619. The summed E-state index contributed by atoms with van der Waals surface area (Å²) in [6.45, 7) is 1.97. The summed E-state index contributed by atoms with van der Waals surface area (Å²) < 4.78 is 39.4. The van der Waals surface area contributed by atoms with Crippen molar-refractivity contribution < 1.29 is 13.2 Å². The van der Waals surface area contributed by atoms with E-state index >= 15 is 0 Å². The van der Waals surface area contributed by atoms with Gasteiger partial charge in [-0.2, -0.15) is 13.2 Å². The average Bonchev–Trinajstić information content (AvgIpc) is 3.16. The summed E-state index contributed by atoms with van der Waals surface area (Å²) in [5.74, 6) is 0.616. The van der Waals surface area contributed by atoms with E-state index in [9.17, 15) is 13.2 Å². The Labute approximate surface area is 136 Å². The Morgan fingerprint density at radius 1 is 1.26 bits per heavy atom. The molecular weight excluding hydrogens is 327 g/mol. The zero-order valence-electron chi connectivity index (χ0n) is 12.6. The van der Waals surface area contributed by atoms with Crippen molar-refractivity contribution in [3.63, 3.8) is 0 Å². The van der Waals surface area contributed by atoms with Crippen LogP contribution in [0, 0.1) is 0 Å². The fourth-order valence-corrected chi connectivity index (χ4v) is 2.69. The molecular formula is C14H18F3N5S. The lowest BCUT2D eigenvalue weighted by Gasteiger charge is -2.11. The van der Waals surface area contributed by atoms with Gasteiger partial charge in [0.15, 0.2) is 11.7 Å². The lowest BCUT2D eigenvalue weighted by atomic mass is 10.4. The van der Waals surface area contributed by atoms with Gasteiger partial charge < -0.3 is 15.2 Å². The number of thiazole rings is 1. The highest BCUT2D eigenvalue weighted by Gasteiger charge is 2.33. The van der Waals surface area contributed by atoms with Crippen LogP contribution in [0.5, 0.6) is 0 Å². The minimum atomic E-state index is -4.38. The Kier molecular flexibility index (Phi) is 6.03. The molecule has 0 bridgehead atoms. The summed E-state index contributed by atoms with van der Waals surface area (Å²) in [4.78, 5) is 7.66. The fraction of sp³-hybridized carbons (Fsp3) is 0.429. The first kappa shape index (κ1) is 17.3. The van der Waals surface area contributed by atoms with E-state index in [2.05, 4.69) is 20.6 Å². The maximum Gasteiger partial charge on any atom is 0.434 e. The first-order chi connectivity index (χ1) is 11.0. The number of alkyl halides is 3. The quantitative estimate of drug-likeness (QED) is 0.624. The lowest BCUT2D eigenvalue weighted by molar-refractivity contribution is -0.140. The molecule has 0 atom stereocenters. The van der Waals surface area contributed by atoms with Crippen molar-refractivity contribution >= 4 is 17.3 Å². The van der Waals surface area contributed by atoms with Crippen molar-refractivity contribution in [1.82, 2.24) is 20.2 Å².